The van der Waals surface area contributed by atoms with Gasteiger partial charge in [0.1, 0.15) is 6.04 Å². The molecule has 1 saturated heterocycles. The number of fused-ring (bicyclic) bond motifs is 1. The van der Waals surface area contributed by atoms with Crippen molar-refractivity contribution in [1.29, 1.82) is 0 Å². The smallest absolute Gasteiger partial charge is 0.328 e. The number of hydrogen-bond acceptors (Lipinski definition) is 9. The van der Waals surface area contributed by atoms with Gasteiger partial charge >= 0.3 is 12.0 Å². The van der Waals surface area contributed by atoms with Crippen molar-refractivity contribution >= 4 is 51.0 Å². The molecule has 9 nitrogen and oxygen atoms in total. The standard InChI is InChI=1S/C36H35N3O6S2/c1-43-33(41)30(18-23-8-3-2-4-9-23)38-35(42)37-27-11-7-10-26(19-27)34-44-28(20-31(45-34)25-16-14-24(21-40)15-17-25)22-46-36-39-29-12-5-6-13-32(29)47-36/h2-17,19,28,30-31,34,40H,18,20-22H2,1H3,(H2,37,38,42)/t28-,30-,31+,34+/m0/s1. The maximum absolute atomic E-state index is 13.0. The lowest BCUT2D eigenvalue weighted by Gasteiger charge is -2.36. The molecule has 1 fully saturated rings. The maximum Gasteiger partial charge on any atom is 0.328 e. The lowest BCUT2D eigenvalue weighted by atomic mass is 10.0. The van der Waals surface area contributed by atoms with Crippen molar-refractivity contribution in [2.24, 2.45) is 0 Å². The van der Waals surface area contributed by atoms with E-state index in [-0.39, 0.29) is 18.8 Å². The Kier molecular flexibility index (Phi) is 10.8. The average molecular weight is 670 g/mol. The van der Waals surface area contributed by atoms with E-state index in [0.29, 0.717) is 24.3 Å². The summed E-state index contributed by atoms with van der Waals surface area (Å²) < 4.78 is 20.1. The van der Waals surface area contributed by atoms with Crippen LogP contribution in [0, 0.1) is 0 Å². The number of nitrogens with zero attached hydrogens (tertiary/aromatic N) is 1. The Morgan fingerprint density at radius 2 is 1.74 bits per heavy atom. The minimum Gasteiger partial charge on any atom is -0.467 e. The molecule has 0 spiro atoms. The molecule has 1 aliphatic heterocycles. The second-order valence-corrected chi connectivity index (χ2v) is 13.4. The number of hydrogen-bond donors (Lipinski definition) is 3. The van der Waals surface area contributed by atoms with Gasteiger partial charge in [0.25, 0.3) is 0 Å². The number of aliphatic hydroxyl groups is 1. The van der Waals surface area contributed by atoms with Gasteiger partial charge in [-0.05, 0) is 41.0 Å². The fraction of sp³-hybridized carbons (Fsp3) is 0.250. The topological polar surface area (TPSA) is 119 Å². The van der Waals surface area contributed by atoms with Gasteiger partial charge in [0, 0.05) is 29.8 Å². The number of benzene rings is 4. The number of thioether (sulfide) groups is 1. The molecule has 4 atom stereocenters. The van der Waals surface area contributed by atoms with E-state index in [0.717, 1.165) is 36.8 Å². The van der Waals surface area contributed by atoms with E-state index in [1.54, 1.807) is 29.2 Å². The second-order valence-electron chi connectivity index (χ2n) is 11.1. The molecule has 1 aromatic heterocycles. The highest BCUT2D eigenvalue weighted by Gasteiger charge is 2.33. The van der Waals surface area contributed by atoms with Crippen molar-refractivity contribution in [2.45, 2.75) is 48.3 Å². The normalized spacial score (nSPS) is 18.4. The number of thiazole rings is 1. The highest BCUT2D eigenvalue weighted by molar-refractivity contribution is 8.01. The molecule has 6 rings (SSSR count). The summed E-state index contributed by atoms with van der Waals surface area (Å²) in [4.78, 5) is 30.2. The number of anilines is 1. The van der Waals surface area contributed by atoms with E-state index in [1.165, 1.54) is 7.11 Å². The molecule has 11 heteroatoms. The number of carbonyl (C=O) groups excluding carboxylic acids is 2. The van der Waals surface area contributed by atoms with Gasteiger partial charge in [-0.1, -0.05) is 90.6 Å². The molecule has 0 unspecified atom stereocenters. The molecule has 5 aromatic rings. The highest BCUT2D eigenvalue weighted by Crippen LogP contribution is 2.40. The quantitative estimate of drug-likeness (QED) is 0.101. The zero-order chi connectivity index (χ0) is 32.6. The van der Waals surface area contributed by atoms with Crippen molar-refractivity contribution in [3.8, 4) is 0 Å². The number of carbonyl (C=O) groups is 2. The number of amides is 2. The first-order chi connectivity index (χ1) is 23.0. The van der Waals surface area contributed by atoms with Gasteiger partial charge in [0.15, 0.2) is 10.6 Å². The minimum atomic E-state index is -0.859. The van der Waals surface area contributed by atoms with Gasteiger partial charge in [0.05, 0.1) is 36.1 Å². The first-order valence-corrected chi connectivity index (χ1v) is 17.1. The lowest BCUT2D eigenvalue weighted by Crippen LogP contribution is -2.45. The summed E-state index contributed by atoms with van der Waals surface area (Å²) >= 11 is 3.33. The number of ether oxygens (including phenoxy) is 3. The monoisotopic (exact) mass is 669 g/mol. The van der Waals surface area contributed by atoms with Crippen LogP contribution in [0.3, 0.4) is 0 Å². The van der Waals surface area contributed by atoms with Crippen molar-refractivity contribution < 1.29 is 28.9 Å². The summed E-state index contributed by atoms with van der Waals surface area (Å²) in [6.45, 7) is -0.0288. The Hall–Kier alpha value is -4.26. The Bertz CT molecular complexity index is 1770. The molecule has 2 heterocycles. The van der Waals surface area contributed by atoms with Gasteiger partial charge in [0.2, 0.25) is 0 Å². The van der Waals surface area contributed by atoms with E-state index in [2.05, 4.69) is 16.7 Å². The summed E-state index contributed by atoms with van der Waals surface area (Å²) in [5, 5.41) is 15.1. The number of rotatable bonds is 11. The van der Waals surface area contributed by atoms with Gasteiger partial charge < -0.3 is 30.0 Å². The molecule has 3 N–H and O–H groups in total. The molecule has 0 radical (unpaired) electrons. The van der Waals surface area contributed by atoms with Crippen LogP contribution in [-0.4, -0.2) is 47.1 Å². The molecule has 2 amide bonds. The fourth-order valence-electron chi connectivity index (χ4n) is 5.37. The largest absolute Gasteiger partial charge is 0.467 e. The summed E-state index contributed by atoms with van der Waals surface area (Å²) in [6.07, 6.45) is -0.156. The Balaban J connectivity index is 1.16. The zero-order valence-electron chi connectivity index (χ0n) is 25.7. The number of methoxy groups -OCH3 is 1. The highest BCUT2D eigenvalue weighted by atomic mass is 32.2. The van der Waals surface area contributed by atoms with E-state index in [9.17, 15) is 14.7 Å². The number of aromatic nitrogens is 1. The Morgan fingerprint density at radius 1 is 0.957 bits per heavy atom. The fourth-order valence-corrected chi connectivity index (χ4v) is 7.49. The summed E-state index contributed by atoms with van der Waals surface area (Å²) in [7, 11) is 1.30. The first kappa shape index (κ1) is 32.7. The number of para-hydroxylation sites is 1. The number of nitrogens with one attached hydrogen (secondary N) is 2. The molecule has 4 aromatic carbocycles. The number of aliphatic hydroxyl groups excluding tert-OH is 1. The molecular formula is C36H35N3O6S2. The molecular weight excluding hydrogens is 635 g/mol. The van der Waals surface area contributed by atoms with Crippen molar-refractivity contribution in [3.05, 3.63) is 125 Å². The third-order valence-corrected chi connectivity index (χ3v) is 10.1. The van der Waals surface area contributed by atoms with Crippen LogP contribution in [0.5, 0.6) is 0 Å². The number of urea groups is 1. The van der Waals surface area contributed by atoms with Crippen LogP contribution >= 0.6 is 23.1 Å². The third kappa shape index (κ3) is 8.56. The van der Waals surface area contributed by atoms with E-state index < -0.39 is 24.3 Å². The van der Waals surface area contributed by atoms with Crippen LogP contribution < -0.4 is 10.6 Å². The van der Waals surface area contributed by atoms with Gasteiger partial charge in [-0.15, -0.1) is 11.3 Å². The van der Waals surface area contributed by atoms with Crippen LogP contribution in [0.25, 0.3) is 10.2 Å². The average Bonchev–Trinajstić information content (AvgIpc) is 3.54. The van der Waals surface area contributed by atoms with Crippen LogP contribution in [0.4, 0.5) is 10.5 Å². The minimum absolute atomic E-state index is 0.0288. The van der Waals surface area contributed by atoms with Crippen LogP contribution in [-0.2, 0) is 32.0 Å². The van der Waals surface area contributed by atoms with Gasteiger partial charge in [-0.2, -0.15) is 0 Å². The van der Waals surface area contributed by atoms with Crippen molar-refractivity contribution in [3.63, 3.8) is 0 Å². The van der Waals surface area contributed by atoms with Crippen LogP contribution in [0.15, 0.2) is 107 Å². The second kappa shape index (κ2) is 15.6. The van der Waals surface area contributed by atoms with Crippen molar-refractivity contribution in [1.82, 2.24) is 10.3 Å². The van der Waals surface area contributed by atoms with Gasteiger partial charge in [-0.25, -0.2) is 14.6 Å². The summed E-state index contributed by atoms with van der Waals surface area (Å²) in [5.41, 5.74) is 4.96. The molecule has 0 aliphatic carbocycles. The molecule has 242 valence electrons. The molecule has 0 saturated carbocycles. The Labute approximate surface area is 281 Å². The molecule has 1 aliphatic rings. The summed E-state index contributed by atoms with van der Waals surface area (Å²) in [6, 6.07) is 31.2. The number of esters is 1. The molecule has 0 bridgehead atoms. The van der Waals surface area contributed by atoms with Crippen molar-refractivity contribution in [2.75, 3.05) is 18.2 Å². The molecule has 47 heavy (non-hydrogen) atoms. The zero-order valence-corrected chi connectivity index (χ0v) is 27.3. The van der Waals surface area contributed by atoms with Crippen LogP contribution in [0.1, 0.15) is 41.1 Å². The maximum atomic E-state index is 13.0. The predicted molar refractivity (Wildman–Crippen MR) is 183 cm³/mol. The van der Waals surface area contributed by atoms with E-state index in [1.807, 2.05) is 91.0 Å². The third-order valence-electron chi connectivity index (χ3n) is 7.77. The lowest BCUT2D eigenvalue weighted by molar-refractivity contribution is -0.245. The van der Waals surface area contributed by atoms with Gasteiger partial charge in [-0.3, -0.25) is 0 Å². The SMILES string of the molecule is COC(=O)[C@H](Cc1ccccc1)NC(=O)Nc1cccc([C@@H]2O[C@H](CSc3nc4ccccc4s3)C[C@H](c3ccc(CO)cc3)O2)c1. The predicted octanol–water partition coefficient (Wildman–Crippen LogP) is 7.03. The van der Waals surface area contributed by atoms with Crippen LogP contribution in [0.2, 0.25) is 0 Å². The first-order valence-electron chi connectivity index (χ1n) is 15.3. The summed E-state index contributed by atoms with van der Waals surface area (Å²) in [5.74, 6) is 0.149. The Morgan fingerprint density at radius 3 is 2.51 bits per heavy atom. The van der Waals surface area contributed by atoms with E-state index >= 15 is 0 Å². The van der Waals surface area contributed by atoms with E-state index in [4.69, 9.17) is 19.2 Å².